The van der Waals surface area contributed by atoms with Gasteiger partial charge >= 0.3 is 0 Å². The molecule has 0 aliphatic carbocycles. The lowest BCUT2D eigenvalue weighted by Crippen LogP contribution is -2.50. The molecule has 1 unspecified atom stereocenters. The van der Waals surface area contributed by atoms with Crippen molar-refractivity contribution in [2.24, 2.45) is 5.92 Å². The summed E-state index contributed by atoms with van der Waals surface area (Å²) in [7, 11) is 1.58. The molecule has 1 atom stereocenters. The molecule has 1 aromatic carbocycles. The minimum Gasteiger partial charge on any atom is -0.490 e. The first-order valence-corrected chi connectivity index (χ1v) is 11.2. The Morgan fingerprint density at radius 3 is 2.79 bits per heavy atom. The minimum absolute atomic E-state index is 0.0818. The molecule has 33 heavy (non-hydrogen) atoms. The molecule has 0 saturated carbocycles. The second-order valence-electron chi connectivity index (χ2n) is 7.14. The molecule has 0 spiro atoms. The number of thiocarbonyl (C=S) groups is 1. The van der Waals surface area contributed by atoms with Crippen LogP contribution in [0.25, 0.3) is 0 Å². The van der Waals surface area contributed by atoms with Crippen molar-refractivity contribution in [2.45, 2.75) is 13.0 Å². The number of hydrazine groups is 1. The third kappa shape index (κ3) is 7.01. The summed E-state index contributed by atoms with van der Waals surface area (Å²) in [5.41, 5.74) is 5.28. The van der Waals surface area contributed by atoms with Gasteiger partial charge in [-0.05, 0) is 58.5 Å². The molecule has 10 nitrogen and oxygen atoms in total. The quantitative estimate of drug-likeness (QED) is 0.264. The molecule has 3 rings (SSSR count). The molecule has 2 aromatic rings. The number of carbonyl (C=O) groups is 3. The van der Waals surface area contributed by atoms with Crippen molar-refractivity contribution < 1.29 is 28.3 Å². The summed E-state index contributed by atoms with van der Waals surface area (Å²) in [5.74, 6) is -0.326. The van der Waals surface area contributed by atoms with Gasteiger partial charge < -0.3 is 18.8 Å². The van der Waals surface area contributed by atoms with E-state index in [1.807, 2.05) is 0 Å². The lowest BCUT2D eigenvalue weighted by atomic mass is 10.1. The lowest BCUT2D eigenvalue weighted by Gasteiger charge is -2.16. The Kier molecular flexibility index (Phi) is 8.80. The normalized spacial score (nSPS) is 15.3. The van der Waals surface area contributed by atoms with E-state index in [9.17, 15) is 14.4 Å². The van der Waals surface area contributed by atoms with Crippen molar-refractivity contribution in [1.82, 2.24) is 21.1 Å². The largest absolute Gasteiger partial charge is 0.490 e. The molecule has 1 aliphatic rings. The van der Waals surface area contributed by atoms with Crippen LogP contribution in [0.2, 0.25) is 0 Å². The Morgan fingerprint density at radius 2 is 2.09 bits per heavy atom. The van der Waals surface area contributed by atoms with Crippen LogP contribution in [0.15, 0.2) is 45.5 Å². The Labute approximate surface area is 204 Å². The van der Waals surface area contributed by atoms with E-state index in [4.69, 9.17) is 26.1 Å². The van der Waals surface area contributed by atoms with Crippen LogP contribution in [0, 0.1) is 5.92 Å². The van der Waals surface area contributed by atoms with Crippen LogP contribution in [0.1, 0.15) is 22.5 Å². The number of methoxy groups -OCH3 is 1. The highest BCUT2D eigenvalue weighted by Gasteiger charge is 2.34. The van der Waals surface area contributed by atoms with Crippen molar-refractivity contribution >= 4 is 51.0 Å². The fourth-order valence-electron chi connectivity index (χ4n) is 3.11. The number of amides is 3. The number of hydrogen-bond donors (Lipinski definition) is 3. The van der Waals surface area contributed by atoms with E-state index in [1.165, 1.54) is 6.26 Å². The molecule has 1 saturated heterocycles. The zero-order valence-corrected chi connectivity index (χ0v) is 20.2. The lowest BCUT2D eigenvalue weighted by molar-refractivity contribution is -0.129. The molecule has 1 aromatic heterocycles. The van der Waals surface area contributed by atoms with Crippen LogP contribution in [0.5, 0.6) is 5.75 Å². The van der Waals surface area contributed by atoms with Crippen molar-refractivity contribution in [3.8, 4) is 5.75 Å². The van der Waals surface area contributed by atoms with Crippen LogP contribution in [-0.2, 0) is 20.9 Å². The molecule has 1 fully saturated rings. The maximum absolute atomic E-state index is 12.4. The number of ether oxygens (including phenoxy) is 2. The molecule has 12 heteroatoms. The van der Waals surface area contributed by atoms with E-state index in [0.29, 0.717) is 41.3 Å². The average Bonchev–Trinajstić information content (AvgIpc) is 3.43. The fraction of sp³-hybridized carbons (Fsp3) is 0.333. The highest BCUT2D eigenvalue weighted by atomic mass is 79.9. The van der Waals surface area contributed by atoms with Crippen LogP contribution in [0.4, 0.5) is 0 Å². The zero-order chi connectivity index (χ0) is 23.8. The highest BCUT2D eigenvalue weighted by molar-refractivity contribution is 9.10. The van der Waals surface area contributed by atoms with E-state index in [-0.39, 0.29) is 24.0 Å². The number of carbonyl (C=O) groups excluding carboxylic acids is 3. The first-order valence-electron chi connectivity index (χ1n) is 10.00. The summed E-state index contributed by atoms with van der Waals surface area (Å²) >= 11 is 8.44. The van der Waals surface area contributed by atoms with Crippen molar-refractivity contribution in [1.29, 1.82) is 0 Å². The number of furan rings is 1. The number of rotatable bonds is 8. The Bertz CT molecular complexity index is 1020. The van der Waals surface area contributed by atoms with E-state index in [2.05, 4.69) is 32.1 Å². The smallest absolute Gasteiger partial charge is 0.257 e. The number of halogens is 1. The van der Waals surface area contributed by atoms with Gasteiger partial charge in [0.15, 0.2) is 5.11 Å². The summed E-state index contributed by atoms with van der Waals surface area (Å²) in [6, 6.07) is 8.34. The molecule has 2 heterocycles. The summed E-state index contributed by atoms with van der Waals surface area (Å²) in [6.45, 7) is 1.39. The predicted octanol–water partition coefficient (Wildman–Crippen LogP) is 1.75. The second kappa shape index (κ2) is 11.8. The summed E-state index contributed by atoms with van der Waals surface area (Å²) in [6.07, 6.45) is 1.61. The van der Waals surface area contributed by atoms with Gasteiger partial charge in [0.2, 0.25) is 11.8 Å². The van der Waals surface area contributed by atoms with Crippen molar-refractivity contribution in [3.63, 3.8) is 0 Å². The Hall–Kier alpha value is -2.96. The standard InChI is InChI=1S/C21H23BrN4O6S/c1-30-7-8-32-17-5-4-13(9-16(17)22)19(28)23-21(33)25-24-20(29)14-10-18(27)26(11-14)12-15-3-2-6-31-15/h2-6,9,14H,7-8,10-12H2,1H3,(H,24,29)(H2,23,25,28,33). The Morgan fingerprint density at radius 1 is 1.27 bits per heavy atom. The van der Waals surface area contributed by atoms with E-state index < -0.39 is 17.7 Å². The summed E-state index contributed by atoms with van der Waals surface area (Å²) in [4.78, 5) is 38.6. The van der Waals surface area contributed by atoms with Gasteiger partial charge in [0, 0.05) is 25.6 Å². The van der Waals surface area contributed by atoms with Gasteiger partial charge in [-0.15, -0.1) is 0 Å². The number of nitrogens with one attached hydrogen (secondary N) is 3. The number of likely N-dealkylation sites (tertiary alicyclic amines) is 1. The SMILES string of the molecule is COCCOc1ccc(C(=O)NC(=S)NNC(=O)C2CC(=O)N(Cc3ccco3)C2)cc1Br. The van der Waals surface area contributed by atoms with Crippen LogP contribution < -0.4 is 20.9 Å². The first-order chi connectivity index (χ1) is 15.9. The maximum Gasteiger partial charge on any atom is 0.257 e. The van der Waals surface area contributed by atoms with Crippen LogP contribution >= 0.6 is 28.1 Å². The van der Waals surface area contributed by atoms with Gasteiger partial charge in [0.05, 0.1) is 29.8 Å². The third-order valence-corrected chi connectivity index (χ3v) is 5.60. The number of benzene rings is 1. The molecule has 0 radical (unpaired) electrons. The van der Waals surface area contributed by atoms with Gasteiger partial charge in [-0.3, -0.25) is 30.6 Å². The molecular formula is C21H23BrN4O6S. The molecular weight excluding hydrogens is 516 g/mol. The Balaban J connectivity index is 1.44. The summed E-state index contributed by atoms with van der Waals surface area (Å²) < 4.78 is 16.3. The number of nitrogens with zero attached hydrogens (tertiary/aromatic N) is 1. The monoisotopic (exact) mass is 538 g/mol. The second-order valence-corrected chi connectivity index (χ2v) is 8.40. The zero-order valence-electron chi connectivity index (χ0n) is 17.8. The predicted molar refractivity (Wildman–Crippen MR) is 125 cm³/mol. The molecule has 176 valence electrons. The van der Waals surface area contributed by atoms with Gasteiger partial charge in [-0.25, -0.2) is 0 Å². The molecule has 0 bridgehead atoms. The first kappa shape index (κ1) is 24.7. The number of hydrogen-bond acceptors (Lipinski definition) is 7. The highest BCUT2D eigenvalue weighted by Crippen LogP contribution is 2.26. The van der Waals surface area contributed by atoms with Crippen LogP contribution in [-0.4, -0.2) is 54.6 Å². The van der Waals surface area contributed by atoms with Gasteiger partial charge in [0.1, 0.15) is 18.1 Å². The van der Waals surface area contributed by atoms with Gasteiger partial charge in [0.25, 0.3) is 5.91 Å². The third-order valence-electron chi connectivity index (χ3n) is 4.78. The molecule has 3 N–H and O–H groups in total. The maximum atomic E-state index is 12.4. The minimum atomic E-state index is -0.542. The van der Waals surface area contributed by atoms with E-state index in [0.717, 1.165) is 0 Å². The molecule has 1 aliphatic heterocycles. The topological polar surface area (TPSA) is 122 Å². The van der Waals surface area contributed by atoms with Crippen molar-refractivity contribution in [3.05, 3.63) is 52.4 Å². The fourth-order valence-corrected chi connectivity index (χ4v) is 3.75. The molecule has 3 amide bonds. The average molecular weight is 539 g/mol. The van der Waals surface area contributed by atoms with Gasteiger partial charge in [-0.2, -0.15) is 0 Å². The van der Waals surface area contributed by atoms with Gasteiger partial charge in [-0.1, -0.05) is 0 Å². The van der Waals surface area contributed by atoms with E-state index >= 15 is 0 Å². The van der Waals surface area contributed by atoms with E-state index in [1.54, 1.807) is 42.3 Å². The van der Waals surface area contributed by atoms with Crippen LogP contribution in [0.3, 0.4) is 0 Å². The van der Waals surface area contributed by atoms with Crippen molar-refractivity contribution in [2.75, 3.05) is 26.9 Å². The summed E-state index contributed by atoms with van der Waals surface area (Å²) in [5, 5.41) is 2.40.